The van der Waals surface area contributed by atoms with Gasteiger partial charge in [0.25, 0.3) is 5.91 Å². The second kappa shape index (κ2) is 9.79. The van der Waals surface area contributed by atoms with E-state index in [0.29, 0.717) is 11.5 Å². The van der Waals surface area contributed by atoms with Gasteiger partial charge < -0.3 is 15.2 Å². The maximum absolute atomic E-state index is 12.0. The molecule has 0 unspecified atom stereocenters. The first-order chi connectivity index (χ1) is 14.7. The van der Waals surface area contributed by atoms with E-state index in [1.807, 2.05) is 30.3 Å². The molecule has 1 aromatic heterocycles. The van der Waals surface area contributed by atoms with Crippen molar-refractivity contribution in [1.82, 2.24) is 5.32 Å². The van der Waals surface area contributed by atoms with Gasteiger partial charge in [-0.25, -0.2) is 0 Å². The van der Waals surface area contributed by atoms with Crippen LogP contribution in [0, 0.1) is 0 Å². The highest BCUT2D eigenvalue weighted by Gasteiger charge is 2.13. The van der Waals surface area contributed by atoms with Crippen molar-refractivity contribution < 1.29 is 19.4 Å². The lowest BCUT2D eigenvalue weighted by Gasteiger charge is -2.19. The quantitative estimate of drug-likeness (QED) is 0.488. The second-order valence-corrected chi connectivity index (χ2v) is 9.47. The highest BCUT2D eigenvalue weighted by Crippen LogP contribution is 2.27. The van der Waals surface area contributed by atoms with E-state index in [2.05, 4.69) is 50.4 Å². The molecule has 0 aliphatic rings. The zero-order valence-corrected chi connectivity index (χ0v) is 18.8. The van der Waals surface area contributed by atoms with Crippen molar-refractivity contribution in [2.45, 2.75) is 39.2 Å². The number of amides is 1. The summed E-state index contributed by atoms with van der Waals surface area (Å²) >= 11 is 1.34. The molecule has 0 bridgehead atoms. The molecule has 0 aliphatic heterocycles. The van der Waals surface area contributed by atoms with Crippen LogP contribution in [0.5, 0.6) is 5.75 Å². The molecular formula is C25H27NO4S. The summed E-state index contributed by atoms with van der Waals surface area (Å²) in [6.07, 6.45) is -0.0934. The topological polar surface area (TPSA) is 75.6 Å². The number of thiophene rings is 1. The van der Waals surface area contributed by atoms with Gasteiger partial charge in [0.15, 0.2) is 0 Å². The maximum atomic E-state index is 12.0. The lowest BCUT2D eigenvalue weighted by atomic mass is 9.86. The fraction of sp³-hybridized carbons (Fsp3) is 0.280. The number of hydrogen-bond acceptors (Lipinski definition) is 4. The average molecular weight is 438 g/mol. The number of hydrogen-bond donors (Lipinski definition) is 2. The largest absolute Gasteiger partial charge is 0.488 e. The molecule has 0 saturated carbocycles. The molecule has 1 amide bonds. The number of aliphatic carboxylic acids is 1. The molecule has 6 heteroatoms. The molecule has 1 heterocycles. The highest BCUT2D eigenvalue weighted by atomic mass is 32.1. The van der Waals surface area contributed by atoms with Crippen LogP contribution in [0.15, 0.2) is 60.7 Å². The van der Waals surface area contributed by atoms with Crippen molar-refractivity contribution in [1.29, 1.82) is 0 Å². The van der Waals surface area contributed by atoms with E-state index in [4.69, 9.17) is 9.84 Å². The normalized spacial score (nSPS) is 11.2. The van der Waals surface area contributed by atoms with Gasteiger partial charge in [-0.3, -0.25) is 9.59 Å². The first-order valence-corrected chi connectivity index (χ1v) is 11.0. The molecule has 0 atom stereocenters. The van der Waals surface area contributed by atoms with Gasteiger partial charge in [0.1, 0.15) is 12.4 Å². The number of carboxylic acid groups (broad SMARTS) is 1. The van der Waals surface area contributed by atoms with Gasteiger partial charge in [0.05, 0.1) is 11.3 Å². The van der Waals surface area contributed by atoms with Crippen molar-refractivity contribution in [3.05, 3.63) is 76.0 Å². The van der Waals surface area contributed by atoms with Crippen LogP contribution < -0.4 is 10.1 Å². The van der Waals surface area contributed by atoms with E-state index < -0.39 is 5.97 Å². The third kappa shape index (κ3) is 6.43. The fourth-order valence-electron chi connectivity index (χ4n) is 3.01. The van der Waals surface area contributed by atoms with Crippen LogP contribution in [0.1, 0.15) is 47.3 Å². The number of carbonyl (C=O) groups is 2. The SMILES string of the molecule is CC(C)(C)c1ccc(-c2ccc(OCc3ccc(C(=O)NCCC(=O)O)s3)cc2)cc1. The minimum absolute atomic E-state index is 0.0934. The van der Waals surface area contributed by atoms with Gasteiger partial charge in [0, 0.05) is 11.4 Å². The second-order valence-electron chi connectivity index (χ2n) is 8.31. The Morgan fingerprint density at radius 3 is 2.13 bits per heavy atom. The molecule has 0 spiro atoms. The van der Waals surface area contributed by atoms with Crippen LogP contribution in [-0.2, 0) is 16.8 Å². The summed E-state index contributed by atoms with van der Waals surface area (Å²) in [7, 11) is 0. The Labute approximate surface area is 186 Å². The lowest BCUT2D eigenvalue weighted by Crippen LogP contribution is -2.25. The third-order valence-electron chi connectivity index (χ3n) is 4.83. The van der Waals surface area contributed by atoms with Crippen molar-refractivity contribution >= 4 is 23.2 Å². The molecule has 31 heavy (non-hydrogen) atoms. The van der Waals surface area contributed by atoms with Crippen LogP contribution in [-0.4, -0.2) is 23.5 Å². The van der Waals surface area contributed by atoms with Gasteiger partial charge in [-0.05, 0) is 46.4 Å². The molecule has 162 valence electrons. The van der Waals surface area contributed by atoms with Crippen LogP contribution in [0.25, 0.3) is 11.1 Å². The predicted molar refractivity (Wildman–Crippen MR) is 124 cm³/mol. The molecular weight excluding hydrogens is 410 g/mol. The zero-order chi connectivity index (χ0) is 22.4. The number of carbonyl (C=O) groups excluding carboxylic acids is 1. The van der Waals surface area contributed by atoms with Gasteiger partial charge in [-0.2, -0.15) is 0 Å². The van der Waals surface area contributed by atoms with Crippen LogP contribution in [0.2, 0.25) is 0 Å². The van der Waals surface area contributed by atoms with Crippen LogP contribution >= 0.6 is 11.3 Å². The van der Waals surface area contributed by atoms with Crippen molar-refractivity contribution in [3.63, 3.8) is 0 Å². The van der Waals surface area contributed by atoms with E-state index >= 15 is 0 Å². The Bertz CT molecular complexity index is 1030. The van der Waals surface area contributed by atoms with Crippen molar-refractivity contribution in [2.24, 2.45) is 0 Å². The number of nitrogens with one attached hydrogen (secondary N) is 1. The minimum Gasteiger partial charge on any atom is -0.488 e. The first kappa shape index (κ1) is 22.6. The van der Waals surface area contributed by atoms with Crippen molar-refractivity contribution in [2.75, 3.05) is 6.54 Å². The summed E-state index contributed by atoms with van der Waals surface area (Å²) in [5.74, 6) is -0.441. The number of carboxylic acids is 1. The Morgan fingerprint density at radius 2 is 1.55 bits per heavy atom. The zero-order valence-electron chi connectivity index (χ0n) is 18.0. The van der Waals surface area contributed by atoms with E-state index in [-0.39, 0.29) is 24.3 Å². The summed E-state index contributed by atoms with van der Waals surface area (Å²) in [5, 5.41) is 11.2. The Kier molecular flexibility index (Phi) is 7.13. The Hall–Kier alpha value is -3.12. The Morgan fingerprint density at radius 1 is 0.935 bits per heavy atom. The standard InChI is InChI=1S/C25H27NO4S/c1-25(2,3)19-8-4-17(5-9-19)18-6-10-20(11-7-18)30-16-21-12-13-22(31-21)24(29)26-15-14-23(27)28/h4-13H,14-16H2,1-3H3,(H,26,29)(H,27,28). The van der Waals surface area contributed by atoms with Gasteiger partial charge in [0.2, 0.25) is 0 Å². The third-order valence-corrected chi connectivity index (χ3v) is 5.89. The molecule has 0 saturated heterocycles. The molecule has 3 aromatic rings. The molecule has 5 nitrogen and oxygen atoms in total. The fourth-order valence-corrected chi connectivity index (χ4v) is 3.85. The summed E-state index contributed by atoms with van der Waals surface area (Å²) in [5.41, 5.74) is 3.74. The minimum atomic E-state index is -0.937. The van der Waals surface area contributed by atoms with Crippen LogP contribution in [0.4, 0.5) is 0 Å². The van der Waals surface area contributed by atoms with Gasteiger partial charge in [-0.1, -0.05) is 57.2 Å². The van der Waals surface area contributed by atoms with E-state index in [9.17, 15) is 9.59 Å². The number of rotatable bonds is 8. The van der Waals surface area contributed by atoms with E-state index in [1.165, 1.54) is 16.9 Å². The smallest absolute Gasteiger partial charge is 0.305 e. The molecule has 0 radical (unpaired) electrons. The average Bonchev–Trinajstić information content (AvgIpc) is 3.21. The Balaban J connectivity index is 1.54. The highest BCUT2D eigenvalue weighted by molar-refractivity contribution is 7.14. The molecule has 0 aliphatic carbocycles. The van der Waals surface area contributed by atoms with E-state index in [1.54, 1.807) is 6.07 Å². The molecule has 0 fully saturated rings. The predicted octanol–water partition coefficient (Wildman–Crippen LogP) is 5.50. The van der Waals surface area contributed by atoms with Crippen LogP contribution in [0.3, 0.4) is 0 Å². The van der Waals surface area contributed by atoms with E-state index in [0.717, 1.165) is 21.8 Å². The number of benzene rings is 2. The monoisotopic (exact) mass is 437 g/mol. The molecule has 2 aromatic carbocycles. The summed E-state index contributed by atoms with van der Waals surface area (Å²) < 4.78 is 5.85. The summed E-state index contributed by atoms with van der Waals surface area (Å²) in [6, 6.07) is 20.2. The van der Waals surface area contributed by atoms with Gasteiger partial charge in [-0.15, -0.1) is 11.3 Å². The molecule has 2 N–H and O–H groups in total. The maximum Gasteiger partial charge on any atom is 0.305 e. The van der Waals surface area contributed by atoms with Gasteiger partial charge >= 0.3 is 5.97 Å². The lowest BCUT2D eigenvalue weighted by molar-refractivity contribution is -0.136. The summed E-state index contributed by atoms with van der Waals surface area (Å²) in [6.45, 7) is 7.10. The summed E-state index contributed by atoms with van der Waals surface area (Å²) in [4.78, 5) is 24.0. The first-order valence-electron chi connectivity index (χ1n) is 10.1. The molecule has 3 rings (SSSR count). The number of ether oxygens (including phenoxy) is 1. The van der Waals surface area contributed by atoms with Crippen molar-refractivity contribution in [3.8, 4) is 16.9 Å².